The average molecular weight is 1330 g/mol. The van der Waals surface area contributed by atoms with E-state index in [0.29, 0.717) is 105 Å². The Hall–Kier alpha value is -8.63. The number of fused-ring (bicyclic) bond motifs is 12. The molecule has 6 aromatic carbocycles. The van der Waals surface area contributed by atoms with Gasteiger partial charge in [-0.15, -0.1) is 0 Å². The fraction of sp³-hybridized carbons (Fsp3) is 0.388. The van der Waals surface area contributed by atoms with Gasteiger partial charge in [0.1, 0.15) is 46.6 Å². The molecule has 12 unspecified atom stereocenters. The summed E-state index contributed by atoms with van der Waals surface area (Å²) in [5, 5.41) is 3.01. The highest BCUT2D eigenvalue weighted by atomic mass is 35.5. The van der Waals surface area contributed by atoms with E-state index >= 15 is 0 Å². The number of nitrogens with one attached hydrogen (secondary N) is 3. The number of nitrogens with zero attached hydrogens (tertiary/aromatic N) is 6. The lowest BCUT2D eigenvalue weighted by Crippen LogP contribution is -2.24. The first kappa shape index (κ1) is 63.1. The fourth-order valence-corrected chi connectivity index (χ4v) is 19.8. The van der Waals surface area contributed by atoms with Gasteiger partial charge in [0.05, 0.1) is 67.3 Å². The van der Waals surface area contributed by atoms with Crippen molar-refractivity contribution >= 4 is 83.4 Å². The average Bonchev–Trinajstić information content (AvgIpc) is 1.38. The molecule has 496 valence electrons. The SMILES string of the molecule is COC(=O)c1ccc2nc(C[C@@H](C)C3CC4CC3CC4c3ccnc4ccc(F)cc34)[nH]c2c1.C[C@H](Cc1nc2cc(Cl)c(F)cc2[nH]1)C1CC2CC1CC2c1ccnc2ccc(F)cc12.C[C@H](Cc1nc2ccc(F)cc2[nH]1)C1CC2CC1CC2c1ccnc2ccc(F)cc12. The highest BCUT2D eigenvalue weighted by Crippen LogP contribution is 2.61. The molecule has 0 radical (unpaired) electrons. The van der Waals surface area contributed by atoms with Crippen molar-refractivity contribution in [2.75, 3.05) is 7.11 Å². The molecule has 6 bridgehead atoms. The van der Waals surface area contributed by atoms with Gasteiger partial charge in [0.15, 0.2) is 0 Å². The second-order valence-electron chi connectivity index (χ2n) is 29.4. The van der Waals surface area contributed by atoms with E-state index in [4.69, 9.17) is 21.3 Å². The maximum Gasteiger partial charge on any atom is 0.337 e. The largest absolute Gasteiger partial charge is 0.465 e. The molecule has 97 heavy (non-hydrogen) atoms. The van der Waals surface area contributed by atoms with Crippen LogP contribution in [0.15, 0.2) is 140 Å². The predicted octanol–water partition coefficient (Wildman–Crippen LogP) is 19.5. The van der Waals surface area contributed by atoms with Gasteiger partial charge < -0.3 is 19.7 Å². The Kier molecular flexibility index (Phi) is 16.7. The molecule has 6 saturated carbocycles. The third-order valence-corrected chi connectivity index (χ3v) is 24.2. The number of carbonyl (C=O) groups excluding carboxylic acids is 1. The number of carbonyl (C=O) groups is 1. The molecule has 15 atom stereocenters. The van der Waals surface area contributed by atoms with Crippen molar-refractivity contribution in [1.82, 2.24) is 44.9 Å². The Morgan fingerprint density at radius 3 is 1.19 bits per heavy atom. The van der Waals surface area contributed by atoms with Crippen LogP contribution in [-0.2, 0) is 24.0 Å². The summed E-state index contributed by atoms with van der Waals surface area (Å²) in [6.45, 7) is 6.97. The van der Waals surface area contributed by atoms with Gasteiger partial charge in [-0.3, -0.25) is 15.0 Å². The zero-order valence-electron chi connectivity index (χ0n) is 54.7. The number of rotatable bonds is 13. The molecular formula is C80H77ClF5N9O2. The first-order valence-corrected chi connectivity index (χ1v) is 35.1. The normalized spacial score (nSPS) is 25.5. The summed E-state index contributed by atoms with van der Waals surface area (Å²) in [5.41, 5.74) is 11.7. The number of halogens is 6. The van der Waals surface area contributed by atoms with E-state index in [1.54, 1.807) is 54.6 Å². The molecule has 18 rings (SSSR count). The predicted molar refractivity (Wildman–Crippen MR) is 369 cm³/mol. The molecule has 17 heteroatoms. The molecule has 3 N–H and O–H groups in total. The van der Waals surface area contributed by atoms with Crippen LogP contribution >= 0.6 is 11.6 Å². The minimum atomic E-state index is -0.426. The summed E-state index contributed by atoms with van der Waals surface area (Å²) in [6, 6.07) is 34.2. The van der Waals surface area contributed by atoms with Gasteiger partial charge in [-0.05, 0) is 279 Å². The van der Waals surface area contributed by atoms with Gasteiger partial charge in [-0.25, -0.2) is 41.7 Å². The summed E-state index contributed by atoms with van der Waals surface area (Å²) in [4.78, 5) is 49.2. The molecule has 6 fully saturated rings. The molecule has 6 aliphatic carbocycles. The van der Waals surface area contributed by atoms with Gasteiger partial charge in [-0.2, -0.15) is 0 Å². The fourth-order valence-electron chi connectivity index (χ4n) is 19.6. The van der Waals surface area contributed by atoms with Crippen LogP contribution in [0.5, 0.6) is 0 Å². The third-order valence-electron chi connectivity index (χ3n) is 23.9. The Bertz CT molecular complexity index is 4960. The lowest BCUT2D eigenvalue weighted by atomic mass is 9.73. The number of esters is 1. The minimum Gasteiger partial charge on any atom is -0.465 e. The van der Waals surface area contributed by atoms with E-state index < -0.39 is 5.82 Å². The van der Waals surface area contributed by atoms with E-state index in [-0.39, 0.29) is 34.3 Å². The third kappa shape index (κ3) is 12.2. The summed E-state index contributed by atoms with van der Waals surface area (Å²) in [7, 11) is 1.39. The summed E-state index contributed by atoms with van der Waals surface area (Å²) >= 11 is 5.90. The molecule has 12 aromatic rings. The van der Waals surface area contributed by atoms with E-state index in [0.717, 1.165) is 104 Å². The molecule has 11 nitrogen and oxygen atoms in total. The minimum absolute atomic E-state index is 0.103. The first-order chi connectivity index (χ1) is 47.0. The van der Waals surface area contributed by atoms with Crippen molar-refractivity contribution in [1.29, 1.82) is 0 Å². The van der Waals surface area contributed by atoms with E-state index in [1.807, 2.05) is 30.7 Å². The van der Waals surface area contributed by atoms with Crippen LogP contribution in [0, 0.1) is 100 Å². The number of hydrogen-bond acceptors (Lipinski definition) is 8. The zero-order chi connectivity index (χ0) is 66.5. The Balaban J connectivity index is 0.000000114. The van der Waals surface area contributed by atoms with E-state index in [1.165, 1.54) is 105 Å². The lowest BCUT2D eigenvalue weighted by Gasteiger charge is -2.32. The van der Waals surface area contributed by atoms with Gasteiger partial charge in [0.25, 0.3) is 0 Å². The van der Waals surface area contributed by atoms with Crippen molar-refractivity contribution in [3.8, 4) is 0 Å². The van der Waals surface area contributed by atoms with Crippen molar-refractivity contribution < 1.29 is 31.5 Å². The number of aromatic nitrogens is 9. The number of hydrogen-bond donors (Lipinski definition) is 3. The maximum absolute atomic E-state index is 14.0. The maximum atomic E-state index is 14.0. The van der Waals surface area contributed by atoms with Gasteiger partial charge in [0.2, 0.25) is 0 Å². The summed E-state index contributed by atoms with van der Waals surface area (Å²) < 4.78 is 73.9. The number of pyridine rings is 3. The zero-order valence-corrected chi connectivity index (χ0v) is 55.4. The number of ether oxygens (including phenoxy) is 1. The highest BCUT2D eigenvalue weighted by molar-refractivity contribution is 6.31. The monoisotopic (exact) mass is 1330 g/mol. The summed E-state index contributed by atoms with van der Waals surface area (Å²) in [5.74, 6) is 10.2. The van der Waals surface area contributed by atoms with Crippen LogP contribution in [0.3, 0.4) is 0 Å². The smallest absolute Gasteiger partial charge is 0.337 e. The highest BCUT2D eigenvalue weighted by Gasteiger charge is 2.51. The molecule has 0 spiro atoms. The molecule has 0 aliphatic heterocycles. The van der Waals surface area contributed by atoms with E-state index in [2.05, 4.69) is 78.8 Å². The lowest BCUT2D eigenvalue weighted by molar-refractivity contribution is 0.0600. The van der Waals surface area contributed by atoms with Crippen LogP contribution in [0.4, 0.5) is 22.0 Å². The molecule has 6 aliphatic rings. The van der Waals surface area contributed by atoms with Crippen molar-refractivity contribution in [3.05, 3.63) is 214 Å². The number of benzene rings is 6. The number of aromatic amines is 3. The number of H-pyrrole nitrogens is 3. The second-order valence-corrected chi connectivity index (χ2v) is 29.8. The van der Waals surface area contributed by atoms with Crippen LogP contribution < -0.4 is 0 Å². The van der Waals surface area contributed by atoms with Gasteiger partial charge in [0, 0.05) is 60.1 Å². The Morgan fingerprint density at radius 1 is 0.433 bits per heavy atom. The van der Waals surface area contributed by atoms with Crippen LogP contribution in [0.2, 0.25) is 5.02 Å². The molecule has 0 saturated heterocycles. The topological polar surface area (TPSA) is 151 Å². The standard InChI is InChI=1S/C28H28FN3O2.C26H24ClF2N3.C26H25F2N3/c1-15(9-27-31-25-5-3-16(28(33)34-2)13-26(25)32-27)21-11-18-10-17(21)12-22(18)20-7-8-30-24-6-4-19(29)14-23(20)24;1-13(6-26-31-24-11-21(27)22(29)12-25(24)32-26)18-8-15-7-14(18)9-19(15)17-4-5-30-23-3-2-16(28)10-20(17)23;1-14(8-26-30-24-5-3-18(28)13-25(24)31-26)20-10-16-9-15(20)11-21(16)19-6-7-29-23-4-2-17(27)12-22(19)23/h3-8,13-15,17-18,21-22H,9-12H2,1-2H3,(H,31,32);2-5,10-15,18-19H,6-9H2,1H3,(H,31,32);2-7,12-16,20-21H,8-11H2,1H3,(H,30,31)/t15-,17?,18?,21?,22?;13-,14?,15?,18?,19?;14-,15?,16?,20?,21?/m111/s1. The second kappa shape index (κ2) is 25.7. The quantitative estimate of drug-likeness (QED) is 0.0763. The molecule has 6 heterocycles. The van der Waals surface area contributed by atoms with Crippen molar-refractivity contribution in [2.45, 2.75) is 116 Å². The first-order valence-electron chi connectivity index (χ1n) is 34.7. The van der Waals surface area contributed by atoms with Crippen LogP contribution in [0.1, 0.15) is 141 Å². The van der Waals surface area contributed by atoms with Gasteiger partial charge >= 0.3 is 5.97 Å². The number of imidazole rings is 3. The Labute approximate surface area is 564 Å². The Morgan fingerprint density at radius 2 is 0.794 bits per heavy atom. The van der Waals surface area contributed by atoms with E-state index in [9.17, 15) is 26.7 Å². The summed E-state index contributed by atoms with van der Waals surface area (Å²) in [6.07, 6.45) is 19.1. The van der Waals surface area contributed by atoms with Crippen molar-refractivity contribution in [2.24, 2.45) is 71.0 Å². The van der Waals surface area contributed by atoms with Crippen LogP contribution in [0.25, 0.3) is 65.8 Å². The van der Waals surface area contributed by atoms with Crippen molar-refractivity contribution in [3.63, 3.8) is 0 Å². The molecule has 6 aromatic heterocycles. The van der Waals surface area contributed by atoms with Gasteiger partial charge in [-0.1, -0.05) is 32.4 Å². The number of methoxy groups -OCH3 is 1. The van der Waals surface area contributed by atoms with Crippen LogP contribution in [-0.4, -0.2) is 57.9 Å². The molecular weight excluding hydrogens is 1250 g/mol. The molecule has 0 amide bonds.